The summed E-state index contributed by atoms with van der Waals surface area (Å²) in [6.07, 6.45) is 0. The van der Waals surface area contributed by atoms with Crippen molar-refractivity contribution in [2.24, 2.45) is 0 Å². The average Bonchev–Trinajstić information content (AvgIpc) is 2.34. The molecule has 0 saturated carbocycles. The Hall–Kier alpha value is -2.13. The summed E-state index contributed by atoms with van der Waals surface area (Å²) in [7, 11) is 0. The zero-order chi connectivity index (χ0) is 14.6. The summed E-state index contributed by atoms with van der Waals surface area (Å²) in [6, 6.07) is 5.62. The van der Waals surface area contributed by atoms with Crippen molar-refractivity contribution in [3.8, 4) is 6.07 Å². The lowest BCUT2D eigenvalue weighted by Crippen LogP contribution is -2.37. The van der Waals surface area contributed by atoms with E-state index in [1.165, 1.54) is 23.1 Å². The first kappa shape index (κ1) is 14.9. The molecule has 1 amide bonds. The highest BCUT2D eigenvalue weighted by Gasteiger charge is 2.28. The zero-order valence-corrected chi connectivity index (χ0v) is 11.2. The Morgan fingerprint density at radius 3 is 2.68 bits per heavy atom. The number of nitriles is 1. The Balaban J connectivity index is 3.33. The topological polar surface area (TPSA) is 87.2 Å². The molecule has 0 unspecified atom stereocenters. The van der Waals surface area contributed by atoms with Gasteiger partial charge in [0, 0.05) is 12.1 Å². The highest BCUT2D eigenvalue weighted by atomic mass is 35.5. The predicted molar refractivity (Wildman–Crippen MR) is 69.9 cm³/mol. The average molecular weight is 282 g/mol. The molecule has 0 radical (unpaired) electrons. The van der Waals surface area contributed by atoms with Gasteiger partial charge >= 0.3 is 0 Å². The number of halogens is 1. The Kier molecular flexibility index (Phi) is 4.84. The molecular weight excluding hydrogens is 270 g/mol. The maximum absolute atomic E-state index is 12.3. The molecule has 0 atom stereocenters. The molecule has 100 valence electrons. The van der Waals surface area contributed by atoms with Gasteiger partial charge in [0.2, 0.25) is 0 Å². The van der Waals surface area contributed by atoms with Crippen LogP contribution >= 0.6 is 11.6 Å². The minimum atomic E-state index is -0.663. The van der Waals surface area contributed by atoms with Crippen molar-refractivity contribution >= 4 is 23.2 Å². The molecule has 0 heterocycles. The number of rotatable bonds is 4. The fourth-order valence-electron chi connectivity index (χ4n) is 1.59. The highest BCUT2D eigenvalue weighted by Crippen LogP contribution is 2.28. The second kappa shape index (κ2) is 6.16. The summed E-state index contributed by atoms with van der Waals surface area (Å²) in [5, 5.41) is 19.7. The van der Waals surface area contributed by atoms with E-state index in [2.05, 4.69) is 0 Å². The van der Waals surface area contributed by atoms with E-state index in [0.29, 0.717) is 0 Å². The van der Waals surface area contributed by atoms with Crippen LogP contribution in [0.25, 0.3) is 0 Å². The third-order valence-electron chi connectivity index (χ3n) is 2.53. The van der Waals surface area contributed by atoms with Gasteiger partial charge in [0.1, 0.15) is 12.1 Å². The van der Waals surface area contributed by atoms with Gasteiger partial charge in [0.05, 0.1) is 16.0 Å². The molecule has 0 aromatic heterocycles. The van der Waals surface area contributed by atoms with E-state index >= 15 is 0 Å². The van der Waals surface area contributed by atoms with E-state index < -0.39 is 10.8 Å². The molecule has 1 rings (SSSR count). The second-order valence-corrected chi connectivity index (χ2v) is 4.48. The molecule has 0 aliphatic carbocycles. The van der Waals surface area contributed by atoms with E-state index in [0.717, 1.165) is 0 Å². The van der Waals surface area contributed by atoms with Crippen molar-refractivity contribution in [1.82, 2.24) is 4.90 Å². The second-order valence-electron chi connectivity index (χ2n) is 4.08. The maximum atomic E-state index is 12.3. The number of benzene rings is 1. The molecule has 0 spiro atoms. The van der Waals surface area contributed by atoms with Crippen molar-refractivity contribution in [2.45, 2.75) is 19.9 Å². The van der Waals surface area contributed by atoms with Crippen LogP contribution < -0.4 is 0 Å². The first-order valence-electron chi connectivity index (χ1n) is 5.51. The molecule has 0 aliphatic heterocycles. The van der Waals surface area contributed by atoms with E-state index in [9.17, 15) is 14.9 Å². The summed E-state index contributed by atoms with van der Waals surface area (Å²) in [5.74, 6) is -0.617. The molecule has 6 nitrogen and oxygen atoms in total. The Labute approximate surface area is 115 Å². The van der Waals surface area contributed by atoms with E-state index in [1.54, 1.807) is 13.8 Å². The fraction of sp³-hybridized carbons (Fsp3) is 0.333. The normalized spacial score (nSPS) is 10.1. The monoisotopic (exact) mass is 281 g/mol. The van der Waals surface area contributed by atoms with Gasteiger partial charge in [-0.3, -0.25) is 14.9 Å². The smallest absolute Gasteiger partial charge is 0.283 e. The first-order chi connectivity index (χ1) is 8.90. The van der Waals surface area contributed by atoms with Crippen LogP contribution in [0.3, 0.4) is 0 Å². The van der Waals surface area contributed by atoms with Crippen LogP contribution in [0.1, 0.15) is 24.2 Å². The van der Waals surface area contributed by atoms with Gasteiger partial charge in [-0.2, -0.15) is 5.26 Å². The third-order valence-corrected chi connectivity index (χ3v) is 2.84. The quantitative estimate of drug-likeness (QED) is 0.482. The molecule has 7 heteroatoms. The standard InChI is InChI=1S/C12H12ClN3O3/c1-8(2)15(7-6-14)12(17)11-9(13)4-3-5-10(11)16(18)19/h3-5,8H,7H2,1-2H3. The molecule has 19 heavy (non-hydrogen) atoms. The number of hydrogen-bond donors (Lipinski definition) is 0. The minimum absolute atomic E-state index is 0.00258. The van der Waals surface area contributed by atoms with Crippen molar-refractivity contribution in [2.75, 3.05) is 6.54 Å². The Bertz CT molecular complexity index is 552. The van der Waals surface area contributed by atoms with Gasteiger partial charge in [-0.25, -0.2) is 0 Å². The molecule has 1 aromatic rings. The van der Waals surface area contributed by atoms with Gasteiger partial charge in [-0.15, -0.1) is 0 Å². The Morgan fingerprint density at radius 2 is 2.21 bits per heavy atom. The molecule has 0 bridgehead atoms. The molecule has 0 N–H and O–H groups in total. The van der Waals surface area contributed by atoms with E-state index in [-0.39, 0.29) is 28.9 Å². The van der Waals surface area contributed by atoms with Crippen LogP contribution in [0.4, 0.5) is 5.69 Å². The van der Waals surface area contributed by atoms with Gasteiger partial charge in [0.25, 0.3) is 11.6 Å². The summed E-state index contributed by atoms with van der Waals surface area (Å²) in [4.78, 5) is 23.8. The van der Waals surface area contributed by atoms with Crippen molar-refractivity contribution in [3.05, 3.63) is 38.9 Å². The lowest BCUT2D eigenvalue weighted by Gasteiger charge is -2.24. The molecule has 1 aromatic carbocycles. The summed E-state index contributed by atoms with van der Waals surface area (Å²) in [6.45, 7) is 3.29. The van der Waals surface area contributed by atoms with Crippen molar-refractivity contribution in [3.63, 3.8) is 0 Å². The van der Waals surface area contributed by atoms with Gasteiger partial charge < -0.3 is 4.90 Å². The van der Waals surface area contributed by atoms with Crippen LogP contribution in [0.2, 0.25) is 5.02 Å². The van der Waals surface area contributed by atoms with Crippen LogP contribution in [0, 0.1) is 21.4 Å². The number of nitro groups is 1. The lowest BCUT2D eigenvalue weighted by atomic mass is 10.1. The van der Waals surface area contributed by atoms with Gasteiger partial charge in [-0.1, -0.05) is 17.7 Å². The number of amides is 1. The summed E-state index contributed by atoms with van der Waals surface area (Å²) >= 11 is 5.88. The van der Waals surface area contributed by atoms with Crippen LogP contribution in [0.5, 0.6) is 0 Å². The van der Waals surface area contributed by atoms with Crippen LogP contribution in [0.15, 0.2) is 18.2 Å². The SMILES string of the molecule is CC(C)N(CC#N)C(=O)c1c(Cl)cccc1[N+](=O)[O-]. The number of nitro benzene ring substituents is 1. The molecule has 0 fully saturated rings. The van der Waals surface area contributed by atoms with Gasteiger partial charge in [-0.05, 0) is 19.9 Å². The lowest BCUT2D eigenvalue weighted by molar-refractivity contribution is -0.385. The number of hydrogen-bond acceptors (Lipinski definition) is 4. The number of carbonyl (C=O) groups excluding carboxylic acids is 1. The van der Waals surface area contributed by atoms with E-state index in [4.69, 9.17) is 16.9 Å². The molecule has 0 aliphatic rings. The van der Waals surface area contributed by atoms with E-state index in [1.807, 2.05) is 6.07 Å². The third kappa shape index (κ3) is 3.20. The molecular formula is C12H12ClN3O3. The number of nitrogens with zero attached hydrogens (tertiary/aromatic N) is 3. The summed E-state index contributed by atoms with van der Waals surface area (Å²) in [5.41, 5.74) is -0.542. The fourth-order valence-corrected chi connectivity index (χ4v) is 1.84. The Morgan fingerprint density at radius 1 is 1.58 bits per heavy atom. The van der Waals surface area contributed by atoms with Crippen LogP contribution in [-0.4, -0.2) is 28.3 Å². The van der Waals surface area contributed by atoms with Crippen molar-refractivity contribution < 1.29 is 9.72 Å². The van der Waals surface area contributed by atoms with Crippen molar-refractivity contribution in [1.29, 1.82) is 5.26 Å². The van der Waals surface area contributed by atoms with Gasteiger partial charge in [0.15, 0.2) is 0 Å². The zero-order valence-electron chi connectivity index (χ0n) is 10.5. The van der Waals surface area contributed by atoms with Crippen LogP contribution in [-0.2, 0) is 0 Å². The predicted octanol–water partition coefficient (Wildman–Crippen LogP) is 2.62. The largest absolute Gasteiger partial charge is 0.323 e. The maximum Gasteiger partial charge on any atom is 0.283 e. The summed E-state index contributed by atoms with van der Waals surface area (Å²) < 4.78 is 0. The highest BCUT2D eigenvalue weighted by molar-refractivity contribution is 6.34. The first-order valence-corrected chi connectivity index (χ1v) is 5.88. The minimum Gasteiger partial charge on any atom is -0.323 e. The number of carbonyl (C=O) groups is 1. The molecule has 0 saturated heterocycles.